The van der Waals surface area contributed by atoms with Crippen molar-refractivity contribution in [2.45, 2.75) is 0 Å². The van der Waals surface area contributed by atoms with Crippen molar-refractivity contribution >= 4 is 58.5 Å². The van der Waals surface area contributed by atoms with Crippen molar-refractivity contribution in [3.63, 3.8) is 0 Å². The SMILES string of the molecule is [C-]#[N+]c1ccc([Se][Se]c2ccc([N+]#[C-])c(C(=O)OC)c2)cc1C(=O)OC. The van der Waals surface area contributed by atoms with E-state index >= 15 is 0 Å². The summed E-state index contributed by atoms with van der Waals surface area (Å²) in [7, 11) is 2.57. The van der Waals surface area contributed by atoms with Gasteiger partial charge in [0, 0.05) is 0 Å². The number of carbonyl (C=O) groups excluding carboxylic acids is 2. The Morgan fingerprint density at radius 2 is 1.19 bits per heavy atom. The molecule has 0 radical (unpaired) electrons. The third-order valence-corrected chi connectivity index (χ3v) is 10.4. The van der Waals surface area contributed by atoms with Crippen LogP contribution in [-0.4, -0.2) is 52.4 Å². The Labute approximate surface area is 162 Å². The molecule has 0 unspecified atom stereocenters. The molecule has 0 aliphatic carbocycles. The molecule has 0 amide bonds. The Kier molecular flexibility index (Phi) is 6.97. The van der Waals surface area contributed by atoms with E-state index in [9.17, 15) is 9.59 Å². The monoisotopic (exact) mass is 480 g/mol. The Morgan fingerprint density at radius 1 is 0.808 bits per heavy atom. The topological polar surface area (TPSA) is 61.3 Å². The van der Waals surface area contributed by atoms with Crippen molar-refractivity contribution in [3.8, 4) is 0 Å². The number of esters is 2. The van der Waals surface area contributed by atoms with Gasteiger partial charge in [-0.15, -0.1) is 0 Å². The van der Waals surface area contributed by atoms with E-state index in [1.165, 1.54) is 14.2 Å². The fourth-order valence-corrected chi connectivity index (χ4v) is 7.95. The van der Waals surface area contributed by atoms with Crippen LogP contribution in [0, 0.1) is 13.1 Å². The molecule has 0 spiro atoms. The molecule has 0 aromatic heterocycles. The zero-order valence-corrected chi connectivity index (χ0v) is 17.2. The summed E-state index contributed by atoms with van der Waals surface area (Å²) < 4.78 is 11.4. The first-order valence-electron chi connectivity index (χ1n) is 7.08. The molecule has 2 rings (SSSR count). The third-order valence-electron chi connectivity index (χ3n) is 3.22. The van der Waals surface area contributed by atoms with Crippen molar-refractivity contribution in [1.29, 1.82) is 0 Å². The van der Waals surface area contributed by atoms with Crippen LogP contribution in [0.15, 0.2) is 36.4 Å². The quantitative estimate of drug-likeness (QED) is 0.373. The van der Waals surface area contributed by atoms with E-state index < -0.39 is 11.9 Å². The van der Waals surface area contributed by atoms with Gasteiger partial charge in [0.1, 0.15) is 0 Å². The van der Waals surface area contributed by atoms with E-state index in [-0.39, 0.29) is 48.8 Å². The minimum absolute atomic E-state index is 0.0311. The number of hydrogen-bond donors (Lipinski definition) is 0. The van der Waals surface area contributed by atoms with Crippen LogP contribution in [0.2, 0.25) is 0 Å². The molecule has 0 saturated heterocycles. The molecule has 0 atom stereocenters. The predicted octanol–water partition coefficient (Wildman–Crippen LogP) is 1.64. The molecule has 0 fully saturated rings. The average Bonchev–Trinajstić information content (AvgIpc) is 2.70. The zero-order valence-electron chi connectivity index (χ0n) is 13.8. The molecular weight excluding hydrogens is 466 g/mol. The van der Waals surface area contributed by atoms with Crippen LogP contribution in [0.25, 0.3) is 9.69 Å². The third kappa shape index (κ3) is 4.52. The van der Waals surface area contributed by atoms with Crippen LogP contribution < -0.4 is 8.92 Å². The number of nitrogens with zero attached hydrogens (tertiary/aromatic N) is 2. The molecule has 8 heteroatoms. The number of carbonyl (C=O) groups is 2. The average molecular weight is 478 g/mol. The molecule has 0 heterocycles. The number of rotatable bonds is 5. The first kappa shape index (κ1) is 19.7. The van der Waals surface area contributed by atoms with E-state index in [0.29, 0.717) is 0 Å². The Balaban J connectivity index is 2.24. The maximum absolute atomic E-state index is 11.8. The van der Waals surface area contributed by atoms with Gasteiger partial charge in [-0.25, -0.2) is 0 Å². The van der Waals surface area contributed by atoms with Gasteiger partial charge in [0.15, 0.2) is 0 Å². The normalized spacial score (nSPS) is 9.69. The van der Waals surface area contributed by atoms with Gasteiger partial charge in [-0.2, -0.15) is 0 Å². The van der Waals surface area contributed by atoms with Crippen LogP contribution in [0.4, 0.5) is 11.4 Å². The van der Waals surface area contributed by atoms with Crippen molar-refractivity contribution in [1.82, 2.24) is 0 Å². The number of hydrogen-bond acceptors (Lipinski definition) is 4. The van der Waals surface area contributed by atoms with Crippen LogP contribution in [-0.2, 0) is 9.47 Å². The van der Waals surface area contributed by atoms with Gasteiger partial charge in [0.2, 0.25) is 0 Å². The molecule has 0 saturated carbocycles. The second kappa shape index (κ2) is 9.19. The van der Waals surface area contributed by atoms with Gasteiger partial charge < -0.3 is 0 Å². The predicted molar refractivity (Wildman–Crippen MR) is 98.9 cm³/mol. The minimum atomic E-state index is -0.532. The Hall–Kier alpha value is -2.60. The Morgan fingerprint density at radius 3 is 1.50 bits per heavy atom. The van der Waals surface area contributed by atoms with Crippen LogP contribution in [0.1, 0.15) is 20.7 Å². The molecule has 0 aliphatic heterocycles. The van der Waals surface area contributed by atoms with E-state index in [1.807, 2.05) is 12.1 Å². The second-order valence-electron chi connectivity index (χ2n) is 4.73. The summed E-state index contributed by atoms with van der Waals surface area (Å²) in [6, 6.07) is 10.3. The molecule has 26 heavy (non-hydrogen) atoms. The fourth-order valence-electron chi connectivity index (χ4n) is 1.97. The number of methoxy groups -OCH3 is 2. The number of ether oxygens (including phenoxy) is 2. The van der Waals surface area contributed by atoms with Gasteiger partial charge >= 0.3 is 162 Å². The van der Waals surface area contributed by atoms with Crippen LogP contribution in [0.5, 0.6) is 0 Å². The van der Waals surface area contributed by atoms with Gasteiger partial charge in [0.25, 0.3) is 0 Å². The maximum atomic E-state index is 11.8. The van der Waals surface area contributed by atoms with Gasteiger partial charge in [0.05, 0.1) is 0 Å². The summed E-state index contributed by atoms with van der Waals surface area (Å²) in [5, 5.41) is 0. The van der Waals surface area contributed by atoms with Crippen molar-refractivity contribution in [2.24, 2.45) is 0 Å². The number of benzene rings is 2. The van der Waals surface area contributed by atoms with E-state index in [0.717, 1.165) is 8.92 Å². The summed E-state index contributed by atoms with van der Waals surface area (Å²) >= 11 is 0.0622. The van der Waals surface area contributed by atoms with E-state index in [1.54, 1.807) is 24.3 Å². The van der Waals surface area contributed by atoms with Gasteiger partial charge in [-0.05, 0) is 0 Å². The molecule has 130 valence electrons. The summed E-state index contributed by atoms with van der Waals surface area (Å²) in [5.74, 6) is -1.06. The summed E-state index contributed by atoms with van der Waals surface area (Å²) in [6.45, 7) is 14.3. The molecule has 2 aromatic rings. The summed E-state index contributed by atoms with van der Waals surface area (Å²) in [5.41, 5.74) is 1.05. The van der Waals surface area contributed by atoms with Crippen molar-refractivity contribution < 1.29 is 19.1 Å². The summed E-state index contributed by atoms with van der Waals surface area (Å²) in [6.07, 6.45) is 0. The van der Waals surface area contributed by atoms with Gasteiger partial charge in [-0.3, -0.25) is 0 Å². The van der Waals surface area contributed by atoms with Crippen molar-refractivity contribution in [2.75, 3.05) is 14.2 Å². The van der Waals surface area contributed by atoms with Crippen LogP contribution in [0.3, 0.4) is 0 Å². The molecular formula is C18H12N2O4Se2. The Bertz CT molecular complexity index is 868. The standard InChI is InChI=1S/C18H12N2O4Se2/c1-19-15-7-5-11(9-13(15)17(21)23-3)25-26-12-6-8-16(20-2)14(10-12)18(22)24-4/h5-10H,3-4H3. The van der Waals surface area contributed by atoms with E-state index in [4.69, 9.17) is 22.6 Å². The zero-order chi connectivity index (χ0) is 19.1. The molecule has 0 N–H and O–H groups in total. The fraction of sp³-hybridized carbons (Fsp3) is 0.111. The first-order valence-corrected chi connectivity index (χ1v) is 13.1. The molecule has 2 aromatic carbocycles. The van der Waals surface area contributed by atoms with Gasteiger partial charge in [-0.1, -0.05) is 0 Å². The second-order valence-corrected chi connectivity index (χ2v) is 11.0. The summed E-state index contributed by atoms with van der Waals surface area (Å²) in [4.78, 5) is 30.3. The molecule has 0 bridgehead atoms. The van der Waals surface area contributed by atoms with Crippen LogP contribution >= 0.6 is 0 Å². The first-order chi connectivity index (χ1) is 12.5. The molecule has 0 aliphatic rings. The van der Waals surface area contributed by atoms with E-state index in [2.05, 4.69) is 9.69 Å². The van der Waals surface area contributed by atoms with Crippen molar-refractivity contribution in [3.05, 3.63) is 70.4 Å². The molecule has 6 nitrogen and oxygen atoms in total.